The lowest BCUT2D eigenvalue weighted by atomic mass is 10.1. The summed E-state index contributed by atoms with van der Waals surface area (Å²) in [6.07, 6.45) is 2.13. The summed E-state index contributed by atoms with van der Waals surface area (Å²) in [6, 6.07) is 6.12. The second-order valence-corrected chi connectivity index (χ2v) is 4.67. The number of benzene rings is 1. The maximum absolute atomic E-state index is 12.1. The highest BCUT2D eigenvalue weighted by atomic mass is 16.1. The van der Waals surface area contributed by atoms with Crippen LogP contribution in [0.15, 0.2) is 18.2 Å². The molecule has 1 aromatic carbocycles. The number of aromatic amines is 1. The van der Waals surface area contributed by atoms with Crippen LogP contribution < -0.4 is 16.4 Å². The van der Waals surface area contributed by atoms with Crippen molar-refractivity contribution in [3.63, 3.8) is 0 Å². The second-order valence-electron chi connectivity index (χ2n) is 4.67. The Morgan fingerprint density at radius 1 is 1.44 bits per heavy atom. The van der Waals surface area contributed by atoms with Crippen molar-refractivity contribution in [2.45, 2.75) is 18.9 Å². The lowest BCUT2D eigenvalue weighted by Crippen LogP contribution is -2.25. The minimum absolute atomic E-state index is 0.0848. The zero-order valence-corrected chi connectivity index (χ0v) is 10.2. The van der Waals surface area contributed by atoms with E-state index in [0.29, 0.717) is 17.4 Å². The number of carbonyl (C=O) groups excluding carboxylic acids is 1. The van der Waals surface area contributed by atoms with Crippen LogP contribution in [0.3, 0.4) is 0 Å². The number of aromatic nitrogens is 1. The van der Waals surface area contributed by atoms with Crippen LogP contribution in [0.4, 0.5) is 11.5 Å². The van der Waals surface area contributed by atoms with Gasteiger partial charge in [-0.2, -0.15) is 0 Å². The third-order valence-electron chi connectivity index (χ3n) is 3.26. The highest BCUT2D eigenvalue weighted by Crippen LogP contribution is 2.28. The minimum atomic E-state index is -0.0848. The van der Waals surface area contributed by atoms with Crippen LogP contribution >= 0.6 is 0 Å². The van der Waals surface area contributed by atoms with Crippen molar-refractivity contribution in [3.05, 3.63) is 23.8 Å². The van der Waals surface area contributed by atoms with Gasteiger partial charge in [0.25, 0.3) is 5.91 Å². The van der Waals surface area contributed by atoms with Gasteiger partial charge < -0.3 is 21.4 Å². The van der Waals surface area contributed by atoms with E-state index in [4.69, 9.17) is 5.73 Å². The highest BCUT2D eigenvalue weighted by molar-refractivity contribution is 6.11. The second kappa shape index (κ2) is 3.94. The molecule has 18 heavy (non-hydrogen) atoms. The van der Waals surface area contributed by atoms with Crippen LogP contribution in [-0.4, -0.2) is 24.0 Å². The number of carbonyl (C=O) groups is 1. The molecule has 1 amide bonds. The van der Waals surface area contributed by atoms with E-state index in [-0.39, 0.29) is 5.91 Å². The van der Waals surface area contributed by atoms with Crippen molar-refractivity contribution in [2.24, 2.45) is 0 Å². The third-order valence-corrected chi connectivity index (χ3v) is 3.26. The summed E-state index contributed by atoms with van der Waals surface area (Å²) >= 11 is 0. The van der Waals surface area contributed by atoms with Crippen molar-refractivity contribution in [1.29, 1.82) is 0 Å². The van der Waals surface area contributed by atoms with Crippen molar-refractivity contribution in [3.8, 4) is 0 Å². The van der Waals surface area contributed by atoms with Gasteiger partial charge >= 0.3 is 0 Å². The number of nitrogens with two attached hydrogens (primary N) is 1. The van der Waals surface area contributed by atoms with E-state index in [2.05, 4.69) is 15.6 Å². The molecule has 5 heteroatoms. The molecular weight excluding hydrogens is 228 g/mol. The number of rotatable bonds is 3. The fourth-order valence-electron chi connectivity index (χ4n) is 2.10. The molecule has 5 nitrogen and oxygen atoms in total. The molecule has 0 saturated heterocycles. The van der Waals surface area contributed by atoms with Crippen LogP contribution in [-0.2, 0) is 0 Å². The number of hydrogen-bond acceptors (Lipinski definition) is 3. The molecule has 1 saturated carbocycles. The Balaban J connectivity index is 2.04. The number of nitrogens with one attached hydrogen (secondary N) is 3. The molecule has 1 aromatic heterocycles. The van der Waals surface area contributed by atoms with Crippen LogP contribution in [0, 0.1) is 0 Å². The molecule has 0 atom stereocenters. The van der Waals surface area contributed by atoms with Crippen molar-refractivity contribution in [1.82, 2.24) is 10.3 Å². The molecule has 1 aliphatic rings. The van der Waals surface area contributed by atoms with Gasteiger partial charge in [0.05, 0.1) is 5.56 Å². The predicted octanol–water partition coefficient (Wildman–Crippen LogP) is 1.68. The van der Waals surface area contributed by atoms with Crippen molar-refractivity contribution in [2.75, 3.05) is 18.1 Å². The van der Waals surface area contributed by atoms with E-state index < -0.39 is 0 Å². The van der Waals surface area contributed by atoms with E-state index in [1.165, 1.54) is 0 Å². The molecular formula is C13H16N4O. The molecule has 1 heterocycles. The lowest BCUT2D eigenvalue weighted by Gasteiger charge is -2.03. The van der Waals surface area contributed by atoms with E-state index in [1.807, 2.05) is 25.2 Å². The molecule has 0 bridgehead atoms. The van der Waals surface area contributed by atoms with Gasteiger partial charge in [0, 0.05) is 29.7 Å². The van der Waals surface area contributed by atoms with Gasteiger partial charge in [-0.05, 0) is 31.0 Å². The molecule has 5 N–H and O–H groups in total. The summed E-state index contributed by atoms with van der Waals surface area (Å²) in [5, 5.41) is 6.89. The first kappa shape index (κ1) is 11.0. The number of H-pyrrole nitrogens is 1. The van der Waals surface area contributed by atoms with E-state index in [1.54, 1.807) is 0 Å². The van der Waals surface area contributed by atoms with Gasteiger partial charge in [0.1, 0.15) is 5.82 Å². The minimum Gasteiger partial charge on any atom is -0.388 e. The summed E-state index contributed by atoms with van der Waals surface area (Å²) in [6.45, 7) is 0. The largest absolute Gasteiger partial charge is 0.388 e. The fraction of sp³-hybridized carbons (Fsp3) is 0.308. The third kappa shape index (κ3) is 1.77. The maximum atomic E-state index is 12.1. The number of nitrogen functional groups attached to an aromatic ring is 1. The van der Waals surface area contributed by atoms with Crippen LogP contribution in [0.2, 0.25) is 0 Å². The summed E-state index contributed by atoms with van der Waals surface area (Å²) in [5.41, 5.74) is 8.32. The summed E-state index contributed by atoms with van der Waals surface area (Å²) < 4.78 is 0. The number of hydrogen-bond donors (Lipinski definition) is 4. The van der Waals surface area contributed by atoms with Crippen LogP contribution in [0.5, 0.6) is 0 Å². The molecule has 0 aliphatic heterocycles. The molecule has 1 aliphatic carbocycles. The summed E-state index contributed by atoms with van der Waals surface area (Å²) in [4.78, 5) is 15.2. The van der Waals surface area contributed by atoms with Gasteiger partial charge in [0.15, 0.2) is 0 Å². The Morgan fingerprint density at radius 3 is 2.89 bits per heavy atom. The molecule has 3 rings (SSSR count). The number of anilines is 2. The topological polar surface area (TPSA) is 82.9 Å². The Bertz CT molecular complexity index is 613. The van der Waals surface area contributed by atoms with E-state index in [0.717, 1.165) is 29.4 Å². The lowest BCUT2D eigenvalue weighted by molar-refractivity contribution is 0.0953. The molecule has 94 valence electrons. The Morgan fingerprint density at radius 2 is 2.22 bits per heavy atom. The molecule has 1 fully saturated rings. The van der Waals surface area contributed by atoms with Gasteiger partial charge in [0.2, 0.25) is 0 Å². The molecule has 0 spiro atoms. The maximum Gasteiger partial charge on any atom is 0.255 e. The molecule has 0 unspecified atom stereocenters. The van der Waals surface area contributed by atoms with Gasteiger partial charge in [-0.15, -0.1) is 0 Å². The quantitative estimate of drug-likeness (QED) is 0.663. The summed E-state index contributed by atoms with van der Waals surface area (Å²) in [5.74, 6) is 0.342. The Hall–Kier alpha value is -2.17. The van der Waals surface area contributed by atoms with Crippen molar-refractivity contribution < 1.29 is 4.79 Å². The first-order valence-electron chi connectivity index (χ1n) is 6.09. The first-order chi connectivity index (χ1) is 8.69. The number of amides is 1. The van der Waals surface area contributed by atoms with E-state index in [9.17, 15) is 4.79 Å². The monoisotopic (exact) mass is 244 g/mol. The van der Waals surface area contributed by atoms with Gasteiger partial charge in [-0.3, -0.25) is 4.79 Å². The SMILES string of the molecule is CNc1ccc2c(C(=O)NC3CC3)c(N)[nH]c2c1. The first-order valence-corrected chi connectivity index (χ1v) is 6.09. The molecule has 0 radical (unpaired) electrons. The highest BCUT2D eigenvalue weighted by Gasteiger charge is 2.26. The van der Waals surface area contributed by atoms with Gasteiger partial charge in [-0.1, -0.05) is 0 Å². The van der Waals surface area contributed by atoms with Crippen molar-refractivity contribution >= 4 is 28.3 Å². The van der Waals surface area contributed by atoms with Crippen LogP contribution in [0.1, 0.15) is 23.2 Å². The smallest absolute Gasteiger partial charge is 0.255 e. The fourth-order valence-corrected chi connectivity index (χ4v) is 2.10. The Kier molecular flexibility index (Phi) is 2.40. The number of fused-ring (bicyclic) bond motifs is 1. The van der Waals surface area contributed by atoms with Crippen LogP contribution in [0.25, 0.3) is 10.9 Å². The average Bonchev–Trinajstić information content (AvgIpc) is 3.08. The Labute approximate surface area is 105 Å². The van der Waals surface area contributed by atoms with Gasteiger partial charge in [-0.25, -0.2) is 0 Å². The summed E-state index contributed by atoms with van der Waals surface area (Å²) in [7, 11) is 1.86. The molecule has 2 aromatic rings. The zero-order chi connectivity index (χ0) is 12.7. The zero-order valence-electron chi connectivity index (χ0n) is 10.2. The normalized spacial score (nSPS) is 14.7. The average molecular weight is 244 g/mol. The standard InChI is InChI=1S/C13H16N4O/c1-15-8-4-5-9-10(6-8)17-12(14)11(9)13(18)16-7-2-3-7/h4-7,15,17H,2-3,14H2,1H3,(H,16,18). The van der Waals surface area contributed by atoms with E-state index >= 15 is 0 Å². The predicted molar refractivity (Wildman–Crippen MR) is 72.7 cm³/mol.